The summed E-state index contributed by atoms with van der Waals surface area (Å²) in [6, 6.07) is 66.0. The van der Waals surface area contributed by atoms with Crippen LogP contribution in [-0.4, -0.2) is 39.9 Å². The van der Waals surface area contributed by atoms with Crippen molar-refractivity contribution in [2.45, 2.75) is 184 Å². The molecule has 22 heteroatoms. The molecular formula is C93H94Cl6N8O8. The molecule has 0 radical (unpaired) electrons. The number of aromatic nitrogens is 8. The molecular weight excluding hydrogens is 1570 g/mol. The first-order valence-electron chi connectivity index (χ1n) is 39.6. The van der Waals surface area contributed by atoms with E-state index in [1.165, 1.54) is 27.8 Å². The van der Waals surface area contributed by atoms with E-state index in [2.05, 4.69) is 150 Å². The fraction of sp³-hybridized carbons (Fsp3) is 0.312. The molecule has 8 N–H and O–H groups in total. The largest absolute Gasteiger partial charge is 0.325 e. The molecule has 0 bridgehead atoms. The van der Waals surface area contributed by atoms with Gasteiger partial charge in [-0.3, -0.25) is 39.1 Å². The van der Waals surface area contributed by atoms with Crippen LogP contribution in [0.3, 0.4) is 0 Å². The average Bonchev–Trinajstić information content (AvgIpc) is 0.802. The zero-order chi connectivity index (χ0) is 81.1. The zero-order valence-corrected chi connectivity index (χ0v) is 68.8. The summed E-state index contributed by atoms with van der Waals surface area (Å²) in [7, 11) is 0. The lowest BCUT2D eigenvalue weighted by Crippen LogP contribution is -2.30. The van der Waals surface area contributed by atoms with Crippen molar-refractivity contribution in [2.75, 3.05) is 0 Å². The molecule has 596 valence electrons. The minimum Gasteiger partial charge on any atom is -0.311 e. The number of hydrogen-bond acceptors (Lipinski definition) is 8. The Morgan fingerprint density at radius 3 is 1.17 bits per heavy atom. The van der Waals surface area contributed by atoms with E-state index in [0.29, 0.717) is 113 Å². The third-order valence-corrected chi connectivity index (χ3v) is 24.9. The maximum absolute atomic E-state index is 12.6. The standard InChI is InChI=1S/C24H26N2O2.2C23H22Cl2N2O2.C23H24Cl2N2O2/c1-16-6-5-7-17(14-16)15-21-22(25-24(28)26-23(21)27)20-12-10-19(11-13-20)18-8-3-2-4-9-18;24-18-10-11-20(25)17(12-18)13-19-21(26-23(29)27-22(19)28)16-8-6-15(7-9-16)14-4-2-1-3-5-14;24-18-11-10-17(20(25)13-18)12-19-21(26-23(29)27-22(19)28)16-8-6-15(7-9-16)14-4-2-1-3-5-14;1-2-15(16-8-4-3-5-9-16)10-6-13-21-18(22(28)27-23(29)26-21)14-17-19(24)11-7-12-20(17)25/h2-9,14,19-20H,10-13,15H2,1H3,(H2,25,26,27,28);1-5,10-12,15-16H,6-9,13H2,(H2,26,27,28,29);1-5,10-11,13,15-16H,6-9,12H2,(H2,26,27,28,29);3-5,7-9,11-12,15H,2,6,10,13-14H2,1H3,(H2,26,27,28,29)/t;;;15-/m...1/s1. The van der Waals surface area contributed by atoms with Crippen LogP contribution in [0.1, 0.15) is 240 Å². The van der Waals surface area contributed by atoms with Gasteiger partial charge in [-0.1, -0.05) is 240 Å². The van der Waals surface area contributed by atoms with Crippen LogP contribution >= 0.6 is 69.6 Å². The molecule has 1 atom stereocenters. The van der Waals surface area contributed by atoms with Crippen LogP contribution in [0.5, 0.6) is 0 Å². The molecule has 16 nitrogen and oxygen atoms in total. The van der Waals surface area contributed by atoms with Crippen molar-refractivity contribution in [2.24, 2.45) is 0 Å². The maximum Gasteiger partial charge on any atom is 0.325 e. The lowest BCUT2D eigenvalue weighted by atomic mass is 9.76. The second kappa shape index (κ2) is 40.7. The highest BCUT2D eigenvalue weighted by Gasteiger charge is 2.31. The average molecular weight is 1660 g/mol. The van der Waals surface area contributed by atoms with Gasteiger partial charge >= 0.3 is 22.8 Å². The Balaban J connectivity index is 0.000000142. The number of hydrogen-bond donors (Lipinski definition) is 8. The van der Waals surface area contributed by atoms with Crippen molar-refractivity contribution in [3.8, 4) is 0 Å². The Hall–Kier alpha value is -9.78. The molecule has 8 aromatic carbocycles. The van der Waals surface area contributed by atoms with Crippen LogP contribution in [0.2, 0.25) is 30.1 Å². The topological polar surface area (TPSA) is 263 Å². The molecule has 0 amide bonds. The van der Waals surface area contributed by atoms with E-state index in [1.807, 2.05) is 55.5 Å². The van der Waals surface area contributed by atoms with E-state index >= 15 is 0 Å². The van der Waals surface area contributed by atoms with E-state index in [4.69, 9.17) is 69.6 Å². The van der Waals surface area contributed by atoms with Gasteiger partial charge in [0.25, 0.3) is 22.2 Å². The van der Waals surface area contributed by atoms with Gasteiger partial charge in [0.05, 0.1) is 0 Å². The van der Waals surface area contributed by atoms with Crippen molar-refractivity contribution in [3.05, 3.63) is 409 Å². The van der Waals surface area contributed by atoms with E-state index in [0.717, 1.165) is 130 Å². The summed E-state index contributed by atoms with van der Waals surface area (Å²) in [6.07, 6.45) is 16.9. The Bertz CT molecular complexity index is 5760. The van der Waals surface area contributed by atoms with Crippen molar-refractivity contribution < 1.29 is 0 Å². The molecule has 15 rings (SSSR count). The number of nitrogens with one attached hydrogen (secondary N) is 8. The molecule has 3 aliphatic rings. The smallest absolute Gasteiger partial charge is 0.311 e. The summed E-state index contributed by atoms with van der Waals surface area (Å²) in [5.41, 5.74) is 12.1. The highest BCUT2D eigenvalue weighted by atomic mass is 35.5. The Labute approximate surface area is 697 Å². The van der Waals surface area contributed by atoms with Gasteiger partial charge < -0.3 is 19.9 Å². The molecule has 0 saturated heterocycles. The fourth-order valence-corrected chi connectivity index (χ4v) is 18.3. The normalized spacial score (nSPS) is 17.5. The molecule has 4 heterocycles. The molecule has 3 saturated carbocycles. The van der Waals surface area contributed by atoms with Crippen LogP contribution in [-0.2, 0) is 32.1 Å². The molecule has 0 unspecified atom stereocenters. The van der Waals surface area contributed by atoms with E-state index in [9.17, 15) is 38.4 Å². The number of benzene rings is 8. The fourth-order valence-electron chi connectivity index (χ4n) is 16.9. The van der Waals surface area contributed by atoms with Crippen LogP contribution < -0.4 is 45.0 Å². The molecule has 115 heavy (non-hydrogen) atoms. The highest BCUT2D eigenvalue weighted by Crippen LogP contribution is 2.44. The Kier molecular flexibility index (Phi) is 29.9. The molecule has 4 aromatic heterocycles. The van der Waals surface area contributed by atoms with Crippen LogP contribution in [0, 0.1) is 6.92 Å². The quantitative estimate of drug-likeness (QED) is 0.0363. The summed E-state index contributed by atoms with van der Waals surface area (Å²) in [4.78, 5) is 119. The first kappa shape index (κ1) is 84.6. The SMILES string of the molecule is CC[C@H](CCCc1[nH]c(=O)[nH]c(=O)c1Cc1c(Cl)cccc1Cl)c1ccccc1.Cc1cccc(Cc2c(C3CCC(c4ccccc4)CC3)[nH]c(=O)[nH]c2=O)c1.O=c1[nH]c(C2CCC(c3ccccc3)CC2)c(Cc2cc(Cl)ccc2Cl)c(=O)[nH]1.O=c1[nH]c(C2CCC(c3ccccc3)CC2)c(Cc2ccc(Cl)cc2Cl)c(=O)[nH]1. The minimum absolute atomic E-state index is 0.151. The van der Waals surface area contributed by atoms with Gasteiger partial charge in [0.1, 0.15) is 0 Å². The van der Waals surface area contributed by atoms with Gasteiger partial charge in [0.2, 0.25) is 0 Å². The van der Waals surface area contributed by atoms with Gasteiger partial charge in [-0.25, -0.2) is 19.2 Å². The summed E-state index contributed by atoms with van der Waals surface area (Å²) >= 11 is 37.3. The lowest BCUT2D eigenvalue weighted by molar-refractivity contribution is 0.388. The van der Waals surface area contributed by atoms with Crippen LogP contribution in [0.15, 0.2) is 239 Å². The van der Waals surface area contributed by atoms with E-state index in [1.54, 1.807) is 48.5 Å². The van der Waals surface area contributed by atoms with Gasteiger partial charge in [0.15, 0.2) is 0 Å². The van der Waals surface area contributed by atoms with Crippen LogP contribution in [0.4, 0.5) is 0 Å². The zero-order valence-electron chi connectivity index (χ0n) is 64.3. The lowest BCUT2D eigenvalue weighted by Gasteiger charge is -2.29. The molecule has 0 spiro atoms. The van der Waals surface area contributed by atoms with E-state index in [-0.39, 0.29) is 40.9 Å². The number of aromatic amines is 8. The van der Waals surface area contributed by atoms with Gasteiger partial charge in [-0.15, -0.1) is 0 Å². The highest BCUT2D eigenvalue weighted by molar-refractivity contribution is 6.36. The Morgan fingerprint density at radius 1 is 0.330 bits per heavy atom. The summed E-state index contributed by atoms with van der Waals surface area (Å²) < 4.78 is 0. The number of aryl methyl sites for hydroxylation is 2. The number of rotatable bonds is 20. The second-order valence-electron chi connectivity index (χ2n) is 30.4. The molecule has 3 aliphatic carbocycles. The number of halogens is 6. The molecule has 3 fully saturated rings. The van der Waals surface area contributed by atoms with Gasteiger partial charge in [-0.05, 0) is 238 Å². The summed E-state index contributed by atoms with van der Waals surface area (Å²) in [6.45, 7) is 4.23. The minimum atomic E-state index is -0.492. The van der Waals surface area contributed by atoms with Crippen molar-refractivity contribution in [1.82, 2.24) is 39.9 Å². The molecule has 12 aromatic rings. The monoisotopic (exact) mass is 1660 g/mol. The first-order valence-corrected chi connectivity index (χ1v) is 41.8. The van der Waals surface area contributed by atoms with E-state index < -0.39 is 28.3 Å². The second-order valence-corrected chi connectivity index (χ2v) is 32.9. The van der Waals surface area contributed by atoms with Crippen LogP contribution in [0.25, 0.3) is 0 Å². The first-order chi connectivity index (χ1) is 55.6. The third-order valence-electron chi connectivity index (χ3n) is 23.0. The summed E-state index contributed by atoms with van der Waals surface area (Å²) in [5, 5.41) is 3.19. The predicted molar refractivity (Wildman–Crippen MR) is 466 cm³/mol. The maximum atomic E-state index is 12.6. The van der Waals surface area contributed by atoms with Gasteiger partial charge in [0, 0.05) is 101 Å². The van der Waals surface area contributed by atoms with Crippen molar-refractivity contribution >= 4 is 69.6 Å². The Morgan fingerprint density at radius 2 is 0.722 bits per heavy atom. The third kappa shape index (κ3) is 22.9. The summed E-state index contributed by atoms with van der Waals surface area (Å²) in [5.74, 6) is 2.60. The number of H-pyrrole nitrogens is 8. The van der Waals surface area contributed by atoms with Crippen molar-refractivity contribution in [3.63, 3.8) is 0 Å². The van der Waals surface area contributed by atoms with Crippen molar-refractivity contribution in [1.29, 1.82) is 0 Å². The predicted octanol–water partition coefficient (Wildman–Crippen LogP) is 20.7. The van der Waals surface area contributed by atoms with Gasteiger partial charge in [-0.2, -0.15) is 0 Å². The molecule has 0 aliphatic heterocycles.